The first kappa shape index (κ1) is 9.70. The summed E-state index contributed by atoms with van der Waals surface area (Å²) in [6.07, 6.45) is 3.13. The molecular weight excluding hydrogens is 124 g/mol. The molecule has 60 valence electrons. The lowest BCUT2D eigenvalue weighted by Gasteiger charge is -2.24. The van der Waals surface area contributed by atoms with Crippen molar-refractivity contribution in [1.29, 1.82) is 0 Å². The van der Waals surface area contributed by atoms with Crippen molar-refractivity contribution in [2.75, 3.05) is 6.61 Å². The van der Waals surface area contributed by atoms with Crippen molar-refractivity contribution in [1.82, 2.24) is 0 Å². The van der Waals surface area contributed by atoms with Crippen molar-refractivity contribution in [2.24, 2.45) is 5.41 Å². The third-order valence-corrected chi connectivity index (χ3v) is 1.99. The summed E-state index contributed by atoms with van der Waals surface area (Å²) in [5, 5.41) is 8.99. The minimum atomic E-state index is -0.0243. The molecule has 1 nitrogen and oxygen atoms in total. The largest absolute Gasteiger partial charge is 0.395 e. The van der Waals surface area contributed by atoms with Crippen molar-refractivity contribution in [3.8, 4) is 0 Å². The van der Waals surface area contributed by atoms with Crippen LogP contribution in [0.3, 0.4) is 0 Å². The zero-order chi connectivity index (χ0) is 8.20. The van der Waals surface area contributed by atoms with Crippen molar-refractivity contribution in [3.63, 3.8) is 0 Å². The van der Waals surface area contributed by atoms with Gasteiger partial charge in [-0.25, -0.2) is 0 Å². The van der Waals surface area contributed by atoms with Crippen LogP contribution >= 0.6 is 0 Å². The summed E-state index contributed by atoms with van der Waals surface area (Å²) in [5.41, 5.74) is 1.30. The molecule has 0 saturated heterocycles. The summed E-state index contributed by atoms with van der Waals surface area (Å²) < 4.78 is 0. The van der Waals surface area contributed by atoms with Crippen LogP contribution in [0.2, 0.25) is 0 Å². The molecule has 0 aromatic heterocycles. The van der Waals surface area contributed by atoms with Gasteiger partial charge in [0, 0.05) is 5.41 Å². The van der Waals surface area contributed by atoms with Crippen LogP contribution in [0.4, 0.5) is 0 Å². The molecule has 0 spiro atoms. The molecule has 0 bridgehead atoms. The molecule has 0 atom stereocenters. The summed E-state index contributed by atoms with van der Waals surface area (Å²) in [5.74, 6) is 0. The Morgan fingerprint density at radius 1 is 1.50 bits per heavy atom. The molecule has 0 aliphatic carbocycles. The monoisotopic (exact) mass is 142 g/mol. The van der Waals surface area contributed by atoms with E-state index in [1.54, 1.807) is 0 Å². The first-order chi connectivity index (χ1) is 4.58. The van der Waals surface area contributed by atoms with Gasteiger partial charge in [-0.15, -0.1) is 0 Å². The second kappa shape index (κ2) is 3.77. The molecular formula is C9H18O. The minimum Gasteiger partial charge on any atom is -0.395 e. The second-order valence-electron chi connectivity index (χ2n) is 3.21. The molecule has 0 aromatic rings. The minimum absolute atomic E-state index is 0.0243. The molecule has 0 rings (SSSR count). The standard InChI is InChI=1S/C9H18O/c1-5-8(6-2)9(3,4)7-10/h5,10H,6-7H2,1-4H3/b8-5+. The summed E-state index contributed by atoms with van der Waals surface area (Å²) in [4.78, 5) is 0. The lowest BCUT2D eigenvalue weighted by molar-refractivity contribution is 0.187. The van der Waals surface area contributed by atoms with Crippen molar-refractivity contribution < 1.29 is 5.11 Å². The van der Waals surface area contributed by atoms with Gasteiger partial charge in [0.15, 0.2) is 0 Å². The first-order valence-corrected chi connectivity index (χ1v) is 3.85. The maximum Gasteiger partial charge on any atom is 0.0519 e. The Bertz CT molecular complexity index is 123. The van der Waals surface area contributed by atoms with Crippen molar-refractivity contribution in [2.45, 2.75) is 34.1 Å². The van der Waals surface area contributed by atoms with Gasteiger partial charge in [0.25, 0.3) is 0 Å². The number of aliphatic hydroxyl groups is 1. The van der Waals surface area contributed by atoms with Crippen LogP contribution in [0.25, 0.3) is 0 Å². The molecule has 0 saturated carbocycles. The van der Waals surface area contributed by atoms with Gasteiger partial charge in [-0.1, -0.05) is 32.4 Å². The molecule has 0 heterocycles. The van der Waals surface area contributed by atoms with E-state index in [0.717, 1.165) is 6.42 Å². The highest BCUT2D eigenvalue weighted by Gasteiger charge is 2.19. The van der Waals surface area contributed by atoms with E-state index in [4.69, 9.17) is 5.11 Å². The molecule has 0 radical (unpaired) electrons. The van der Waals surface area contributed by atoms with Gasteiger partial charge < -0.3 is 5.11 Å². The van der Waals surface area contributed by atoms with Gasteiger partial charge in [0.1, 0.15) is 0 Å². The predicted molar refractivity (Wildman–Crippen MR) is 44.9 cm³/mol. The van der Waals surface area contributed by atoms with Crippen LogP contribution < -0.4 is 0 Å². The molecule has 1 N–H and O–H groups in total. The van der Waals surface area contributed by atoms with Crippen LogP contribution in [-0.4, -0.2) is 11.7 Å². The normalized spacial score (nSPS) is 13.9. The van der Waals surface area contributed by atoms with E-state index >= 15 is 0 Å². The molecule has 0 fully saturated rings. The summed E-state index contributed by atoms with van der Waals surface area (Å²) in [6.45, 7) is 8.50. The Hall–Kier alpha value is -0.300. The molecule has 0 amide bonds. The SMILES string of the molecule is C/C=C(\CC)C(C)(C)CO. The number of allylic oxidation sites excluding steroid dienone is 1. The summed E-state index contributed by atoms with van der Waals surface area (Å²) >= 11 is 0. The van der Waals surface area contributed by atoms with Gasteiger partial charge in [0.2, 0.25) is 0 Å². The van der Waals surface area contributed by atoms with Gasteiger partial charge in [0.05, 0.1) is 6.61 Å². The highest BCUT2D eigenvalue weighted by Crippen LogP contribution is 2.27. The fraction of sp³-hybridized carbons (Fsp3) is 0.778. The van der Waals surface area contributed by atoms with E-state index in [-0.39, 0.29) is 12.0 Å². The lowest BCUT2D eigenvalue weighted by atomic mass is 9.83. The van der Waals surface area contributed by atoms with E-state index in [1.165, 1.54) is 5.57 Å². The van der Waals surface area contributed by atoms with Crippen LogP contribution in [0, 0.1) is 5.41 Å². The number of hydrogen-bond donors (Lipinski definition) is 1. The quantitative estimate of drug-likeness (QED) is 0.600. The molecule has 1 heteroatoms. The van der Waals surface area contributed by atoms with Crippen molar-refractivity contribution >= 4 is 0 Å². The maximum absolute atomic E-state index is 8.99. The van der Waals surface area contributed by atoms with E-state index < -0.39 is 0 Å². The fourth-order valence-corrected chi connectivity index (χ4v) is 1.17. The number of aliphatic hydroxyl groups excluding tert-OH is 1. The first-order valence-electron chi connectivity index (χ1n) is 3.85. The van der Waals surface area contributed by atoms with Crippen LogP contribution in [0.1, 0.15) is 34.1 Å². The highest BCUT2D eigenvalue weighted by molar-refractivity contribution is 5.10. The Morgan fingerprint density at radius 3 is 2.10 bits per heavy atom. The summed E-state index contributed by atoms with van der Waals surface area (Å²) in [7, 11) is 0. The third kappa shape index (κ3) is 2.14. The molecule has 0 aliphatic rings. The molecule has 10 heavy (non-hydrogen) atoms. The molecule has 0 aromatic carbocycles. The average molecular weight is 142 g/mol. The lowest BCUT2D eigenvalue weighted by Crippen LogP contribution is -2.19. The van der Waals surface area contributed by atoms with E-state index in [9.17, 15) is 0 Å². The van der Waals surface area contributed by atoms with Gasteiger partial charge in [-0.05, 0) is 13.3 Å². The van der Waals surface area contributed by atoms with Crippen LogP contribution in [0.5, 0.6) is 0 Å². The number of hydrogen-bond acceptors (Lipinski definition) is 1. The van der Waals surface area contributed by atoms with Crippen LogP contribution in [-0.2, 0) is 0 Å². The van der Waals surface area contributed by atoms with Gasteiger partial charge in [-0.3, -0.25) is 0 Å². The number of rotatable bonds is 3. The fourth-order valence-electron chi connectivity index (χ4n) is 1.17. The van der Waals surface area contributed by atoms with E-state index in [0.29, 0.717) is 0 Å². The van der Waals surface area contributed by atoms with Crippen LogP contribution in [0.15, 0.2) is 11.6 Å². The Kier molecular flexibility index (Phi) is 3.66. The Balaban J connectivity index is 4.28. The zero-order valence-electron chi connectivity index (χ0n) is 7.44. The van der Waals surface area contributed by atoms with E-state index in [2.05, 4.69) is 26.8 Å². The zero-order valence-corrected chi connectivity index (χ0v) is 7.44. The third-order valence-electron chi connectivity index (χ3n) is 1.99. The Morgan fingerprint density at radius 2 is 2.00 bits per heavy atom. The topological polar surface area (TPSA) is 20.2 Å². The Labute approximate surface area is 63.8 Å². The summed E-state index contributed by atoms with van der Waals surface area (Å²) in [6, 6.07) is 0. The highest BCUT2D eigenvalue weighted by atomic mass is 16.3. The second-order valence-corrected chi connectivity index (χ2v) is 3.21. The molecule has 0 aliphatic heterocycles. The average Bonchev–Trinajstić information content (AvgIpc) is 1.90. The maximum atomic E-state index is 8.99. The van der Waals surface area contributed by atoms with E-state index in [1.807, 2.05) is 6.92 Å². The van der Waals surface area contributed by atoms with Crippen molar-refractivity contribution in [3.05, 3.63) is 11.6 Å². The predicted octanol–water partition coefficient (Wildman–Crippen LogP) is 2.36. The molecule has 0 unspecified atom stereocenters. The van der Waals surface area contributed by atoms with Gasteiger partial charge in [-0.2, -0.15) is 0 Å². The smallest absolute Gasteiger partial charge is 0.0519 e. The van der Waals surface area contributed by atoms with Gasteiger partial charge >= 0.3 is 0 Å².